The molecule has 0 aromatic heterocycles. The quantitative estimate of drug-likeness (QED) is 0.790. The fourth-order valence-corrected chi connectivity index (χ4v) is 3.57. The Hall–Kier alpha value is -0.140. The summed E-state index contributed by atoms with van der Waals surface area (Å²) >= 11 is 3.32. The van der Waals surface area contributed by atoms with Crippen molar-refractivity contribution in [2.75, 3.05) is 6.54 Å². The minimum Gasteiger partial charge on any atom is -0.324 e. The molecular weight excluding hydrogens is 364 g/mol. The fourth-order valence-electron chi connectivity index (χ4n) is 1.73. The lowest BCUT2D eigenvalue weighted by Crippen LogP contribution is -2.49. The number of aryl methyl sites for hydroxylation is 1. The average Bonchev–Trinajstić information content (AvgIpc) is 2.35. The highest BCUT2D eigenvalue weighted by molar-refractivity contribution is 9.10. The van der Waals surface area contributed by atoms with Crippen LogP contribution in [0.1, 0.15) is 32.3 Å². The maximum absolute atomic E-state index is 12.3. The molecule has 3 N–H and O–H groups in total. The van der Waals surface area contributed by atoms with Crippen LogP contribution in [-0.4, -0.2) is 20.5 Å². The Kier molecular flexibility index (Phi) is 7.70. The molecule has 0 amide bonds. The Morgan fingerprint density at radius 3 is 2.30 bits per heavy atom. The summed E-state index contributed by atoms with van der Waals surface area (Å²) in [4.78, 5) is 0.297. The molecule has 0 atom stereocenters. The van der Waals surface area contributed by atoms with E-state index in [2.05, 4.69) is 20.7 Å². The van der Waals surface area contributed by atoms with Gasteiger partial charge in [0.05, 0.1) is 4.90 Å². The van der Waals surface area contributed by atoms with Gasteiger partial charge in [-0.2, -0.15) is 0 Å². The third-order valence-electron chi connectivity index (χ3n) is 3.45. The van der Waals surface area contributed by atoms with E-state index >= 15 is 0 Å². The Morgan fingerprint density at radius 1 is 1.30 bits per heavy atom. The van der Waals surface area contributed by atoms with Crippen LogP contribution >= 0.6 is 28.3 Å². The molecule has 0 radical (unpaired) electrons. The second kappa shape index (κ2) is 7.75. The molecule has 20 heavy (non-hydrogen) atoms. The molecular formula is C13H22BrClN2O2S. The van der Waals surface area contributed by atoms with Gasteiger partial charge < -0.3 is 5.73 Å². The number of hydrogen-bond acceptors (Lipinski definition) is 3. The molecule has 1 aromatic rings. The molecule has 0 aliphatic heterocycles. The summed E-state index contributed by atoms with van der Waals surface area (Å²) < 4.78 is 28.0. The van der Waals surface area contributed by atoms with Crippen molar-refractivity contribution >= 4 is 38.4 Å². The highest BCUT2D eigenvalue weighted by Crippen LogP contribution is 2.20. The van der Waals surface area contributed by atoms with Gasteiger partial charge in [0.1, 0.15) is 0 Å². The third-order valence-corrected chi connectivity index (χ3v) is 5.50. The zero-order valence-electron chi connectivity index (χ0n) is 11.9. The van der Waals surface area contributed by atoms with E-state index in [-0.39, 0.29) is 19.0 Å². The molecule has 116 valence electrons. The lowest BCUT2D eigenvalue weighted by molar-refractivity contribution is 0.391. The summed E-state index contributed by atoms with van der Waals surface area (Å²) in [7, 11) is -3.51. The van der Waals surface area contributed by atoms with Crippen molar-refractivity contribution in [2.24, 2.45) is 5.73 Å². The highest BCUT2D eigenvalue weighted by atomic mass is 79.9. The molecule has 0 aliphatic carbocycles. The molecule has 1 rings (SSSR count). The zero-order chi connectivity index (χ0) is 14.7. The molecule has 0 heterocycles. The van der Waals surface area contributed by atoms with Crippen molar-refractivity contribution in [3.8, 4) is 0 Å². The molecule has 1 aromatic carbocycles. The van der Waals surface area contributed by atoms with Crippen LogP contribution in [0.15, 0.2) is 27.6 Å². The Morgan fingerprint density at radius 2 is 1.85 bits per heavy atom. The normalized spacial score (nSPS) is 12.1. The van der Waals surface area contributed by atoms with Gasteiger partial charge in [0, 0.05) is 16.6 Å². The number of nitrogens with one attached hydrogen (secondary N) is 1. The predicted octanol–water partition coefficient (Wildman–Crippen LogP) is 2.98. The van der Waals surface area contributed by atoms with Gasteiger partial charge in [-0.3, -0.25) is 0 Å². The maximum Gasteiger partial charge on any atom is 0.240 e. The molecule has 0 bridgehead atoms. The average molecular weight is 386 g/mol. The smallest absolute Gasteiger partial charge is 0.240 e. The fraction of sp³-hybridized carbons (Fsp3) is 0.538. The van der Waals surface area contributed by atoms with Gasteiger partial charge in [0.25, 0.3) is 0 Å². The van der Waals surface area contributed by atoms with E-state index in [4.69, 9.17) is 5.73 Å². The van der Waals surface area contributed by atoms with Crippen LogP contribution in [0.4, 0.5) is 0 Å². The van der Waals surface area contributed by atoms with Crippen LogP contribution in [0.2, 0.25) is 0 Å². The maximum atomic E-state index is 12.3. The van der Waals surface area contributed by atoms with Crippen molar-refractivity contribution in [1.82, 2.24) is 4.72 Å². The number of nitrogens with two attached hydrogens (primary N) is 1. The summed E-state index contributed by atoms with van der Waals surface area (Å²) in [5, 5.41) is 0. The second-order valence-electron chi connectivity index (χ2n) is 4.80. The SMILES string of the molecule is CCC(N)(CC)CNS(=O)(=O)c1ccc(Br)cc1C.Cl. The van der Waals surface area contributed by atoms with E-state index < -0.39 is 15.6 Å². The summed E-state index contributed by atoms with van der Waals surface area (Å²) in [5.41, 5.74) is 6.33. The van der Waals surface area contributed by atoms with E-state index in [0.29, 0.717) is 10.5 Å². The Balaban J connectivity index is 0.00000361. The van der Waals surface area contributed by atoms with E-state index in [1.807, 2.05) is 13.8 Å². The van der Waals surface area contributed by atoms with Crippen LogP contribution in [-0.2, 0) is 10.0 Å². The standard InChI is InChI=1S/C13H21BrN2O2S.ClH/c1-4-13(15,5-2)9-16-19(17,18)12-7-6-11(14)8-10(12)3;/h6-8,16H,4-5,9,15H2,1-3H3;1H. The lowest BCUT2D eigenvalue weighted by Gasteiger charge is -2.26. The number of hydrogen-bond donors (Lipinski definition) is 2. The first-order valence-electron chi connectivity index (χ1n) is 6.29. The first-order chi connectivity index (χ1) is 8.74. The summed E-state index contributed by atoms with van der Waals surface area (Å²) in [6.45, 7) is 5.94. The molecule has 0 unspecified atom stereocenters. The van der Waals surface area contributed by atoms with Crippen LogP contribution in [0.25, 0.3) is 0 Å². The summed E-state index contributed by atoms with van der Waals surface area (Å²) in [6.07, 6.45) is 1.46. The first kappa shape index (κ1) is 19.9. The van der Waals surface area contributed by atoms with Gasteiger partial charge in [-0.1, -0.05) is 29.8 Å². The molecule has 0 saturated carbocycles. The van der Waals surface area contributed by atoms with E-state index in [1.54, 1.807) is 25.1 Å². The van der Waals surface area contributed by atoms with Crippen molar-refractivity contribution in [3.63, 3.8) is 0 Å². The molecule has 0 saturated heterocycles. The van der Waals surface area contributed by atoms with Crippen molar-refractivity contribution in [2.45, 2.75) is 44.0 Å². The van der Waals surface area contributed by atoms with Gasteiger partial charge >= 0.3 is 0 Å². The van der Waals surface area contributed by atoms with Crippen LogP contribution in [0, 0.1) is 6.92 Å². The number of halogens is 2. The van der Waals surface area contributed by atoms with E-state index in [1.165, 1.54) is 0 Å². The minimum atomic E-state index is -3.51. The van der Waals surface area contributed by atoms with Crippen molar-refractivity contribution < 1.29 is 8.42 Å². The van der Waals surface area contributed by atoms with Gasteiger partial charge in [0.15, 0.2) is 0 Å². The number of sulfonamides is 1. The Bertz CT molecular complexity index is 545. The van der Waals surface area contributed by atoms with E-state index in [9.17, 15) is 8.42 Å². The largest absolute Gasteiger partial charge is 0.324 e. The molecule has 0 fully saturated rings. The van der Waals surface area contributed by atoms with E-state index in [0.717, 1.165) is 17.3 Å². The topological polar surface area (TPSA) is 72.2 Å². The first-order valence-corrected chi connectivity index (χ1v) is 8.56. The van der Waals surface area contributed by atoms with Crippen molar-refractivity contribution in [3.05, 3.63) is 28.2 Å². The van der Waals surface area contributed by atoms with Gasteiger partial charge in [-0.15, -0.1) is 12.4 Å². The second-order valence-corrected chi connectivity index (χ2v) is 7.45. The summed E-state index contributed by atoms with van der Waals surface area (Å²) in [5.74, 6) is 0. The molecule has 0 spiro atoms. The molecule has 7 heteroatoms. The lowest BCUT2D eigenvalue weighted by atomic mass is 9.95. The predicted molar refractivity (Wildman–Crippen MR) is 88.8 cm³/mol. The number of rotatable bonds is 6. The third kappa shape index (κ3) is 5.00. The van der Waals surface area contributed by atoms with Crippen LogP contribution in [0.3, 0.4) is 0 Å². The van der Waals surface area contributed by atoms with Gasteiger partial charge in [0.2, 0.25) is 10.0 Å². The van der Waals surface area contributed by atoms with Gasteiger partial charge in [-0.05, 0) is 43.5 Å². The molecule has 0 aliphatic rings. The van der Waals surface area contributed by atoms with Crippen molar-refractivity contribution in [1.29, 1.82) is 0 Å². The summed E-state index contributed by atoms with van der Waals surface area (Å²) in [6, 6.07) is 5.10. The van der Waals surface area contributed by atoms with Crippen LogP contribution in [0.5, 0.6) is 0 Å². The monoisotopic (exact) mass is 384 g/mol. The highest BCUT2D eigenvalue weighted by Gasteiger charge is 2.24. The van der Waals surface area contributed by atoms with Crippen LogP contribution < -0.4 is 10.5 Å². The zero-order valence-corrected chi connectivity index (χ0v) is 15.2. The van der Waals surface area contributed by atoms with Gasteiger partial charge in [-0.25, -0.2) is 13.1 Å². The number of benzene rings is 1. The minimum absolute atomic E-state index is 0. The Labute approximate surface area is 136 Å². The molecule has 4 nitrogen and oxygen atoms in total.